The Morgan fingerprint density at radius 1 is 1.30 bits per heavy atom. The first-order valence-electron chi connectivity index (χ1n) is 6.52. The number of hydrogen-bond acceptors (Lipinski definition) is 7. The lowest BCUT2D eigenvalue weighted by Gasteiger charge is -2.13. The molecule has 1 aromatic rings. The van der Waals surface area contributed by atoms with Gasteiger partial charge in [-0.25, -0.2) is 0 Å². The summed E-state index contributed by atoms with van der Waals surface area (Å²) in [5.74, 6) is 1.91. The van der Waals surface area contributed by atoms with Crippen LogP contribution in [0.5, 0.6) is 0 Å². The maximum absolute atomic E-state index is 11.8. The second kappa shape index (κ2) is 9.87. The Morgan fingerprint density at radius 2 is 1.95 bits per heavy atom. The number of hydrogen-bond donors (Lipinski definition) is 0. The number of carbonyl (C=O) groups is 1. The minimum Gasteiger partial charge on any atom is -0.282 e. The van der Waals surface area contributed by atoms with Crippen molar-refractivity contribution in [2.24, 2.45) is 0 Å². The molecule has 1 heterocycles. The van der Waals surface area contributed by atoms with Gasteiger partial charge in [0.2, 0.25) is 5.12 Å². The van der Waals surface area contributed by atoms with Gasteiger partial charge in [0.25, 0.3) is 0 Å². The van der Waals surface area contributed by atoms with Crippen molar-refractivity contribution in [2.45, 2.75) is 47.5 Å². The van der Waals surface area contributed by atoms with E-state index >= 15 is 0 Å². The lowest BCUT2D eigenvalue weighted by Crippen LogP contribution is -2.10. The molecule has 0 aromatic carbocycles. The molecular weight excluding hydrogens is 328 g/mol. The Labute approximate surface area is 137 Å². The topological polar surface area (TPSA) is 42.9 Å². The van der Waals surface area contributed by atoms with Crippen LogP contribution in [-0.4, -0.2) is 32.1 Å². The number of rotatable bonds is 9. The van der Waals surface area contributed by atoms with Crippen LogP contribution in [0.1, 0.15) is 33.6 Å². The fraction of sp³-hybridized carbons (Fsp3) is 0.615. The van der Waals surface area contributed by atoms with E-state index in [1.54, 1.807) is 41.8 Å². The van der Waals surface area contributed by atoms with Gasteiger partial charge in [0.15, 0.2) is 8.68 Å². The maximum Gasteiger partial charge on any atom is 0.214 e. The number of nitrogens with zero attached hydrogens (tertiary/aromatic N) is 2. The normalized spacial score (nSPS) is 12.3. The van der Waals surface area contributed by atoms with Gasteiger partial charge in [-0.05, 0) is 24.7 Å². The summed E-state index contributed by atoms with van der Waals surface area (Å²) < 4.78 is 2.01. The van der Waals surface area contributed by atoms with Crippen molar-refractivity contribution in [3.63, 3.8) is 0 Å². The molecule has 0 saturated carbocycles. The minimum atomic E-state index is 0.101. The third-order valence-electron chi connectivity index (χ3n) is 2.28. The molecule has 1 unspecified atom stereocenters. The fourth-order valence-electron chi connectivity index (χ4n) is 1.35. The van der Waals surface area contributed by atoms with E-state index in [4.69, 9.17) is 0 Å². The SMILES string of the molecule is C=C(C)C(=O)SC(CCC)CSc1nnc(SCC)s1. The van der Waals surface area contributed by atoms with E-state index in [-0.39, 0.29) is 5.12 Å². The molecule has 0 bridgehead atoms. The zero-order chi connectivity index (χ0) is 15.0. The first kappa shape index (κ1) is 18.1. The van der Waals surface area contributed by atoms with Gasteiger partial charge < -0.3 is 0 Å². The van der Waals surface area contributed by atoms with Crippen LogP contribution in [0.4, 0.5) is 0 Å². The van der Waals surface area contributed by atoms with E-state index in [2.05, 4.69) is 30.6 Å². The van der Waals surface area contributed by atoms with Crippen LogP contribution in [0.25, 0.3) is 0 Å². The van der Waals surface area contributed by atoms with Crippen molar-refractivity contribution in [1.29, 1.82) is 0 Å². The largest absolute Gasteiger partial charge is 0.282 e. The third kappa shape index (κ3) is 6.65. The molecule has 112 valence electrons. The van der Waals surface area contributed by atoms with Gasteiger partial charge in [-0.1, -0.05) is 73.5 Å². The second-order valence-electron chi connectivity index (χ2n) is 4.17. The van der Waals surface area contributed by atoms with Crippen molar-refractivity contribution in [3.05, 3.63) is 12.2 Å². The molecule has 0 N–H and O–H groups in total. The molecule has 3 nitrogen and oxygen atoms in total. The standard InChI is InChI=1S/C13H20N2OS4/c1-5-7-10(19-11(16)9(3)4)8-18-13-15-14-12(20-13)17-6-2/h10H,3,5-8H2,1-2,4H3. The highest BCUT2D eigenvalue weighted by atomic mass is 32.2. The average molecular weight is 349 g/mol. The van der Waals surface area contributed by atoms with Gasteiger partial charge in [-0.15, -0.1) is 10.2 Å². The van der Waals surface area contributed by atoms with E-state index < -0.39 is 0 Å². The molecule has 1 atom stereocenters. The zero-order valence-electron chi connectivity index (χ0n) is 12.0. The van der Waals surface area contributed by atoms with E-state index in [1.165, 1.54) is 11.8 Å². The second-order valence-corrected chi connectivity index (χ2v) is 9.20. The van der Waals surface area contributed by atoms with Crippen LogP contribution < -0.4 is 0 Å². The first-order chi connectivity index (χ1) is 9.56. The molecule has 1 aromatic heterocycles. The molecule has 1 rings (SSSR count). The summed E-state index contributed by atoms with van der Waals surface area (Å²) in [6.07, 6.45) is 2.11. The smallest absolute Gasteiger partial charge is 0.214 e. The molecule has 20 heavy (non-hydrogen) atoms. The number of thioether (sulfide) groups is 3. The Kier molecular flexibility index (Phi) is 8.91. The van der Waals surface area contributed by atoms with Crippen LogP contribution in [0.2, 0.25) is 0 Å². The lowest BCUT2D eigenvalue weighted by atomic mass is 10.3. The Balaban J connectivity index is 2.48. The number of carbonyl (C=O) groups excluding carboxylic acids is 1. The Bertz CT molecular complexity index is 447. The number of aromatic nitrogens is 2. The summed E-state index contributed by atoms with van der Waals surface area (Å²) in [6.45, 7) is 9.73. The van der Waals surface area contributed by atoms with Crippen LogP contribution >= 0.6 is 46.6 Å². The molecule has 0 fully saturated rings. The summed E-state index contributed by atoms with van der Waals surface area (Å²) in [5.41, 5.74) is 0.624. The van der Waals surface area contributed by atoms with Crippen LogP contribution in [-0.2, 0) is 4.79 Å². The summed E-state index contributed by atoms with van der Waals surface area (Å²) >= 11 is 6.45. The van der Waals surface area contributed by atoms with Crippen molar-refractivity contribution in [2.75, 3.05) is 11.5 Å². The highest BCUT2D eigenvalue weighted by molar-refractivity contribution is 8.15. The molecule has 0 aliphatic rings. The van der Waals surface area contributed by atoms with Crippen LogP contribution in [0.15, 0.2) is 20.8 Å². The fourth-order valence-corrected chi connectivity index (χ4v) is 5.60. The van der Waals surface area contributed by atoms with Gasteiger partial charge in [0.05, 0.1) is 0 Å². The van der Waals surface area contributed by atoms with E-state index in [9.17, 15) is 4.79 Å². The molecule has 0 saturated heterocycles. The summed E-state index contributed by atoms with van der Waals surface area (Å²) in [4.78, 5) is 11.8. The minimum absolute atomic E-state index is 0.101. The lowest BCUT2D eigenvalue weighted by molar-refractivity contribution is -0.107. The first-order valence-corrected chi connectivity index (χ1v) is 10.2. The predicted octanol–water partition coefficient (Wildman–Crippen LogP) is 4.75. The Hall–Kier alpha value is 0.0200. The van der Waals surface area contributed by atoms with E-state index in [1.807, 2.05) is 0 Å². The Morgan fingerprint density at radius 3 is 2.50 bits per heavy atom. The molecule has 0 amide bonds. The van der Waals surface area contributed by atoms with Crippen LogP contribution in [0.3, 0.4) is 0 Å². The van der Waals surface area contributed by atoms with Crippen molar-refractivity contribution >= 4 is 51.7 Å². The molecule has 0 aliphatic heterocycles. The molecule has 0 radical (unpaired) electrons. The maximum atomic E-state index is 11.8. The van der Waals surface area contributed by atoms with E-state index in [0.717, 1.165) is 33.0 Å². The van der Waals surface area contributed by atoms with Gasteiger partial charge in [-0.3, -0.25) is 4.79 Å². The summed E-state index contributed by atoms with van der Waals surface area (Å²) in [5, 5.41) is 8.74. The monoisotopic (exact) mass is 348 g/mol. The average Bonchev–Trinajstić information content (AvgIpc) is 2.84. The van der Waals surface area contributed by atoms with Crippen molar-refractivity contribution in [1.82, 2.24) is 10.2 Å². The predicted molar refractivity (Wildman–Crippen MR) is 93.1 cm³/mol. The molecule has 7 heteroatoms. The highest BCUT2D eigenvalue weighted by Gasteiger charge is 2.16. The van der Waals surface area contributed by atoms with Gasteiger partial charge in [0.1, 0.15) is 0 Å². The molecule has 0 aliphatic carbocycles. The highest BCUT2D eigenvalue weighted by Crippen LogP contribution is 2.32. The van der Waals surface area contributed by atoms with Gasteiger partial charge >= 0.3 is 0 Å². The zero-order valence-corrected chi connectivity index (χ0v) is 15.3. The van der Waals surface area contributed by atoms with Gasteiger partial charge in [0, 0.05) is 11.0 Å². The molecular formula is C13H20N2OS4. The molecule has 0 spiro atoms. The van der Waals surface area contributed by atoms with Gasteiger partial charge in [-0.2, -0.15) is 0 Å². The summed E-state index contributed by atoms with van der Waals surface area (Å²) in [6, 6.07) is 0. The van der Waals surface area contributed by atoms with Crippen LogP contribution in [0, 0.1) is 0 Å². The van der Waals surface area contributed by atoms with E-state index in [0.29, 0.717) is 10.8 Å². The van der Waals surface area contributed by atoms with Crippen molar-refractivity contribution < 1.29 is 4.79 Å². The van der Waals surface area contributed by atoms with Crippen molar-refractivity contribution in [3.8, 4) is 0 Å². The quantitative estimate of drug-likeness (QED) is 0.474. The third-order valence-corrected chi connectivity index (χ3v) is 7.03. The summed E-state index contributed by atoms with van der Waals surface area (Å²) in [7, 11) is 0.